The van der Waals surface area contributed by atoms with Gasteiger partial charge in [0, 0.05) is 4.47 Å². The van der Waals surface area contributed by atoms with Crippen molar-refractivity contribution < 1.29 is 4.39 Å². The summed E-state index contributed by atoms with van der Waals surface area (Å²) in [4.78, 5) is 3.76. The van der Waals surface area contributed by atoms with Gasteiger partial charge in [0.25, 0.3) is 0 Å². The van der Waals surface area contributed by atoms with Crippen LogP contribution in [0, 0.1) is 5.82 Å². The average Bonchev–Trinajstić information content (AvgIpc) is 1.99. The van der Waals surface area contributed by atoms with E-state index in [4.69, 9.17) is 11.5 Å². The number of aliphatic imine (C=N–C) groups is 1. The van der Waals surface area contributed by atoms with Gasteiger partial charge in [0.1, 0.15) is 5.82 Å². The molecular weight excluding hydrogens is 272 g/mol. The van der Waals surface area contributed by atoms with Crippen LogP contribution in [0.15, 0.2) is 27.7 Å². The molecule has 0 bridgehead atoms. The number of hydrogen-bond acceptors (Lipinski definition) is 1. The minimum Gasteiger partial charge on any atom is -0.370 e. The second-order valence-electron chi connectivity index (χ2n) is 2.52. The van der Waals surface area contributed by atoms with Crippen LogP contribution in [0.25, 0.3) is 0 Å². The zero-order valence-electron chi connectivity index (χ0n) is 7.21. The molecule has 4 N–H and O–H groups in total. The molecular formula is C8H10BrClFN3. The molecule has 0 aliphatic rings. The smallest absolute Gasteiger partial charge is 0.186 e. The Balaban J connectivity index is 0.00000169. The first-order valence-corrected chi connectivity index (χ1v) is 4.37. The van der Waals surface area contributed by atoms with Gasteiger partial charge in [-0.05, 0) is 23.8 Å². The Morgan fingerprint density at radius 2 is 2.00 bits per heavy atom. The molecule has 0 saturated carbocycles. The molecule has 1 aromatic carbocycles. The van der Waals surface area contributed by atoms with Gasteiger partial charge < -0.3 is 11.5 Å². The molecule has 0 amide bonds. The third-order valence-corrected chi connectivity index (χ3v) is 1.82. The Kier molecular flexibility index (Phi) is 5.49. The summed E-state index contributed by atoms with van der Waals surface area (Å²) in [6.45, 7) is 0.290. The van der Waals surface area contributed by atoms with Gasteiger partial charge in [0.05, 0.1) is 6.54 Å². The van der Waals surface area contributed by atoms with Crippen LogP contribution >= 0.6 is 28.3 Å². The molecule has 0 unspecified atom stereocenters. The van der Waals surface area contributed by atoms with Crippen LogP contribution < -0.4 is 11.5 Å². The standard InChI is InChI=1S/C8H9BrFN3.ClH/c9-6-1-5(2-7(10)3-6)4-13-8(11)12;/h1-3H,4H2,(H4,11,12,13);1H. The second kappa shape index (κ2) is 5.82. The number of hydrogen-bond donors (Lipinski definition) is 2. The maximum atomic E-state index is 12.8. The maximum Gasteiger partial charge on any atom is 0.186 e. The van der Waals surface area contributed by atoms with Crippen LogP contribution in [0.1, 0.15) is 5.56 Å². The number of benzene rings is 1. The molecule has 78 valence electrons. The molecule has 0 aliphatic carbocycles. The van der Waals surface area contributed by atoms with Crippen molar-refractivity contribution >= 4 is 34.3 Å². The first kappa shape index (κ1) is 13.2. The fraction of sp³-hybridized carbons (Fsp3) is 0.125. The Bertz CT molecular complexity index is 319. The first-order valence-electron chi connectivity index (χ1n) is 3.58. The van der Waals surface area contributed by atoms with Gasteiger partial charge in [-0.15, -0.1) is 12.4 Å². The molecule has 3 nitrogen and oxygen atoms in total. The van der Waals surface area contributed by atoms with Crippen LogP contribution in [0.5, 0.6) is 0 Å². The van der Waals surface area contributed by atoms with E-state index in [2.05, 4.69) is 20.9 Å². The number of nitrogens with zero attached hydrogens (tertiary/aromatic N) is 1. The average molecular weight is 283 g/mol. The predicted octanol–water partition coefficient (Wildman–Crippen LogP) is 1.78. The summed E-state index contributed by atoms with van der Waals surface area (Å²) in [5.41, 5.74) is 11.0. The van der Waals surface area contributed by atoms with Crippen molar-refractivity contribution in [1.82, 2.24) is 0 Å². The van der Waals surface area contributed by atoms with Crippen molar-refractivity contribution in [3.63, 3.8) is 0 Å². The molecule has 6 heteroatoms. The van der Waals surface area contributed by atoms with E-state index in [1.165, 1.54) is 12.1 Å². The maximum absolute atomic E-state index is 12.8. The minimum absolute atomic E-state index is 0. The lowest BCUT2D eigenvalue weighted by molar-refractivity contribution is 0.624. The normalized spacial score (nSPS) is 9.00. The Morgan fingerprint density at radius 3 is 2.50 bits per heavy atom. The number of nitrogens with two attached hydrogens (primary N) is 2. The lowest BCUT2D eigenvalue weighted by atomic mass is 10.2. The molecule has 0 saturated heterocycles. The van der Waals surface area contributed by atoms with Crippen LogP contribution in [0.3, 0.4) is 0 Å². The second-order valence-corrected chi connectivity index (χ2v) is 3.43. The Labute approximate surface area is 95.9 Å². The highest BCUT2D eigenvalue weighted by Crippen LogP contribution is 2.15. The van der Waals surface area contributed by atoms with E-state index < -0.39 is 0 Å². The lowest BCUT2D eigenvalue weighted by Crippen LogP contribution is -2.22. The first-order chi connectivity index (χ1) is 6.08. The van der Waals surface area contributed by atoms with Gasteiger partial charge in [0.2, 0.25) is 0 Å². The van der Waals surface area contributed by atoms with Gasteiger partial charge in [-0.25, -0.2) is 9.38 Å². The summed E-state index contributed by atoms with van der Waals surface area (Å²) >= 11 is 3.17. The van der Waals surface area contributed by atoms with E-state index >= 15 is 0 Å². The Hall–Kier alpha value is -0.810. The molecule has 14 heavy (non-hydrogen) atoms. The van der Waals surface area contributed by atoms with Crippen LogP contribution in [-0.2, 0) is 6.54 Å². The topological polar surface area (TPSA) is 64.4 Å². The van der Waals surface area contributed by atoms with Crippen LogP contribution in [-0.4, -0.2) is 5.96 Å². The van der Waals surface area contributed by atoms with Crippen molar-refractivity contribution in [3.8, 4) is 0 Å². The minimum atomic E-state index is -0.310. The third kappa shape index (κ3) is 4.43. The highest BCUT2D eigenvalue weighted by Gasteiger charge is 1.97. The molecule has 0 aromatic heterocycles. The molecule has 0 atom stereocenters. The quantitative estimate of drug-likeness (QED) is 0.641. The molecule has 0 spiro atoms. The van der Waals surface area contributed by atoms with E-state index in [0.717, 1.165) is 5.56 Å². The van der Waals surface area contributed by atoms with Crippen LogP contribution in [0.2, 0.25) is 0 Å². The number of halogens is 3. The molecule has 0 fully saturated rings. The number of rotatable bonds is 2. The van der Waals surface area contributed by atoms with Crippen molar-refractivity contribution in [2.24, 2.45) is 16.5 Å². The summed E-state index contributed by atoms with van der Waals surface area (Å²) in [6.07, 6.45) is 0. The highest BCUT2D eigenvalue weighted by molar-refractivity contribution is 9.10. The summed E-state index contributed by atoms with van der Waals surface area (Å²) in [7, 11) is 0. The largest absolute Gasteiger partial charge is 0.370 e. The SMILES string of the molecule is Cl.NC(N)=NCc1cc(F)cc(Br)c1. The zero-order valence-corrected chi connectivity index (χ0v) is 9.61. The van der Waals surface area contributed by atoms with Crippen molar-refractivity contribution in [2.45, 2.75) is 6.54 Å². The van der Waals surface area contributed by atoms with Crippen molar-refractivity contribution in [2.75, 3.05) is 0 Å². The fourth-order valence-corrected chi connectivity index (χ4v) is 1.40. The van der Waals surface area contributed by atoms with Crippen LogP contribution in [0.4, 0.5) is 4.39 Å². The van der Waals surface area contributed by atoms with E-state index in [1.807, 2.05) is 0 Å². The number of guanidine groups is 1. The van der Waals surface area contributed by atoms with E-state index in [0.29, 0.717) is 11.0 Å². The van der Waals surface area contributed by atoms with E-state index in [-0.39, 0.29) is 24.2 Å². The summed E-state index contributed by atoms with van der Waals surface area (Å²) in [5, 5.41) is 0. The van der Waals surface area contributed by atoms with Gasteiger partial charge in [0.15, 0.2) is 5.96 Å². The third-order valence-electron chi connectivity index (χ3n) is 1.37. The van der Waals surface area contributed by atoms with Gasteiger partial charge in [-0.2, -0.15) is 0 Å². The lowest BCUT2D eigenvalue weighted by Gasteiger charge is -1.99. The molecule has 0 aliphatic heterocycles. The zero-order chi connectivity index (χ0) is 9.84. The van der Waals surface area contributed by atoms with E-state index in [1.54, 1.807) is 6.07 Å². The molecule has 0 heterocycles. The van der Waals surface area contributed by atoms with Crippen molar-refractivity contribution in [3.05, 3.63) is 34.1 Å². The molecule has 0 radical (unpaired) electrons. The fourth-order valence-electron chi connectivity index (χ4n) is 0.885. The van der Waals surface area contributed by atoms with E-state index in [9.17, 15) is 4.39 Å². The van der Waals surface area contributed by atoms with Gasteiger partial charge >= 0.3 is 0 Å². The van der Waals surface area contributed by atoms with Crippen molar-refractivity contribution in [1.29, 1.82) is 0 Å². The molecule has 1 rings (SSSR count). The summed E-state index contributed by atoms with van der Waals surface area (Å²) in [6, 6.07) is 4.52. The predicted molar refractivity (Wildman–Crippen MR) is 60.9 cm³/mol. The van der Waals surface area contributed by atoms with Gasteiger partial charge in [-0.3, -0.25) is 0 Å². The Morgan fingerprint density at radius 1 is 1.36 bits per heavy atom. The van der Waals surface area contributed by atoms with Gasteiger partial charge in [-0.1, -0.05) is 15.9 Å². The summed E-state index contributed by atoms with van der Waals surface area (Å²) in [5.74, 6) is -0.310. The monoisotopic (exact) mass is 281 g/mol. The molecule has 1 aromatic rings. The highest BCUT2D eigenvalue weighted by atomic mass is 79.9. The summed E-state index contributed by atoms with van der Waals surface area (Å²) < 4.78 is 13.5.